The van der Waals surface area contributed by atoms with Crippen LogP contribution in [0.25, 0.3) is 21.7 Å². The largest absolute Gasteiger partial charge is 0.507 e. The number of aromatic amines is 1. The summed E-state index contributed by atoms with van der Waals surface area (Å²) in [6, 6.07) is 5.17. The molecule has 0 spiro atoms. The maximum atomic E-state index is 15.4. The third-order valence-electron chi connectivity index (χ3n) is 6.76. The molecule has 2 saturated heterocycles. The number of aromatic nitrogens is 4. The smallest absolute Gasteiger partial charge is 0.208 e. The summed E-state index contributed by atoms with van der Waals surface area (Å²) in [5, 5.41) is 27.2. The SMILES string of the molecule is CN1C[C@]2(C)CCC1C(F)[C@H]2N(C)c1nnc(-c2ccc(-c3cn[nH]c3)cc2O)s1. The van der Waals surface area contributed by atoms with Gasteiger partial charge < -0.3 is 10.0 Å². The number of phenolic OH excluding ortho intramolecular Hbond substituents is 1. The van der Waals surface area contributed by atoms with Crippen LogP contribution in [0.2, 0.25) is 0 Å². The zero-order chi connectivity index (χ0) is 21.0. The Kier molecular flexibility index (Phi) is 4.55. The molecule has 4 heterocycles. The minimum Gasteiger partial charge on any atom is -0.507 e. The van der Waals surface area contributed by atoms with Gasteiger partial charge in [-0.25, -0.2) is 4.39 Å². The van der Waals surface area contributed by atoms with Crippen LogP contribution in [0.15, 0.2) is 30.6 Å². The van der Waals surface area contributed by atoms with Crippen LogP contribution in [0, 0.1) is 5.41 Å². The van der Waals surface area contributed by atoms with Crippen LogP contribution in [0.5, 0.6) is 5.75 Å². The van der Waals surface area contributed by atoms with Crippen molar-refractivity contribution in [2.75, 3.05) is 25.5 Å². The number of rotatable bonds is 4. The van der Waals surface area contributed by atoms with Crippen molar-refractivity contribution in [2.24, 2.45) is 5.41 Å². The first-order valence-electron chi connectivity index (χ1n) is 10.1. The molecule has 1 saturated carbocycles. The highest BCUT2D eigenvalue weighted by Gasteiger charge is 2.55. The Morgan fingerprint density at radius 1 is 1.33 bits per heavy atom. The zero-order valence-corrected chi connectivity index (χ0v) is 18.0. The Morgan fingerprint density at radius 3 is 2.83 bits per heavy atom. The van der Waals surface area contributed by atoms with E-state index in [0.717, 1.165) is 30.5 Å². The molecule has 6 rings (SSSR count). The zero-order valence-electron chi connectivity index (χ0n) is 17.2. The molecule has 2 unspecified atom stereocenters. The summed E-state index contributed by atoms with van der Waals surface area (Å²) in [5.74, 6) is 0.132. The number of phenols is 1. The van der Waals surface area contributed by atoms with E-state index >= 15 is 4.39 Å². The lowest BCUT2D eigenvalue weighted by Gasteiger charge is -2.58. The molecule has 2 N–H and O–H groups in total. The van der Waals surface area contributed by atoms with Gasteiger partial charge in [-0.2, -0.15) is 5.10 Å². The first-order chi connectivity index (χ1) is 14.4. The van der Waals surface area contributed by atoms with E-state index in [9.17, 15) is 5.11 Å². The van der Waals surface area contributed by atoms with E-state index < -0.39 is 6.17 Å². The average Bonchev–Trinajstić information content (AvgIpc) is 3.39. The normalized spacial score (nSPS) is 28.7. The standard InChI is InChI=1S/C21H25FN6OS/c1-21-7-6-15(27(2)11-21)17(22)18(21)28(3)20-26-25-19(30-20)14-5-4-12(8-16(14)29)13-9-23-24-10-13/h4-5,8-10,15,17-18,29H,6-7,11H2,1-3H3,(H,23,24)/t15?,17?,18-,21+/m1/s1. The van der Waals surface area contributed by atoms with Crippen LogP contribution in [0.3, 0.4) is 0 Å². The number of aromatic hydroxyl groups is 1. The number of nitrogens with zero attached hydrogens (tertiary/aromatic N) is 5. The second-order valence-corrected chi connectivity index (χ2v) is 9.74. The first-order valence-corrected chi connectivity index (χ1v) is 10.9. The molecule has 30 heavy (non-hydrogen) atoms. The highest BCUT2D eigenvalue weighted by molar-refractivity contribution is 7.18. The maximum Gasteiger partial charge on any atom is 0.208 e. The highest BCUT2D eigenvalue weighted by atomic mass is 32.1. The van der Waals surface area contributed by atoms with Crippen LogP contribution in [-0.2, 0) is 0 Å². The first kappa shape index (κ1) is 19.4. The number of H-pyrrole nitrogens is 1. The monoisotopic (exact) mass is 428 g/mol. The van der Waals surface area contributed by atoms with Crippen LogP contribution >= 0.6 is 11.3 Å². The van der Waals surface area contributed by atoms with E-state index in [0.29, 0.717) is 15.7 Å². The molecule has 158 valence electrons. The van der Waals surface area contributed by atoms with Gasteiger partial charge in [0.05, 0.1) is 17.8 Å². The number of benzene rings is 1. The summed E-state index contributed by atoms with van der Waals surface area (Å²) in [5.41, 5.74) is 2.25. The summed E-state index contributed by atoms with van der Waals surface area (Å²) in [6.07, 6.45) is 4.46. The molecule has 1 aromatic carbocycles. The molecule has 0 amide bonds. The van der Waals surface area contributed by atoms with E-state index in [1.54, 1.807) is 18.5 Å². The van der Waals surface area contributed by atoms with Gasteiger partial charge in [0.2, 0.25) is 5.13 Å². The van der Waals surface area contributed by atoms with Crippen molar-refractivity contribution < 1.29 is 9.50 Å². The van der Waals surface area contributed by atoms with Gasteiger partial charge in [0.15, 0.2) is 5.01 Å². The maximum absolute atomic E-state index is 15.4. The Labute approximate surface area is 178 Å². The highest BCUT2D eigenvalue weighted by Crippen LogP contribution is 2.48. The van der Waals surface area contributed by atoms with Crippen molar-refractivity contribution in [1.29, 1.82) is 0 Å². The van der Waals surface area contributed by atoms with Crippen LogP contribution in [0.1, 0.15) is 19.8 Å². The Bertz CT molecular complexity index is 1060. The van der Waals surface area contributed by atoms with Gasteiger partial charge >= 0.3 is 0 Å². The lowest BCUT2D eigenvalue weighted by atomic mass is 9.64. The topological polar surface area (TPSA) is 81.2 Å². The van der Waals surface area contributed by atoms with Gasteiger partial charge in [-0.1, -0.05) is 24.3 Å². The summed E-state index contributed by atoms with van der Waals surface area (Å²) in [6.45, 7) is 3.06. The average molecular weight is 429 g/mol. The van der Waals surface area contributed by atoms with Gasteiger partial charge in [0.25, 0.3) is 0 Å². The molecule has 7 nitrogen and oxygen atoms in total. The van der Waals surface area contributed by atoms with Crippen molar-refractivity contribution in [3.63, 3.8) is 0 Å². The summed E-state index contributed by atoms with van der Waals surface area (Å²) >= 11 is 1.38. The van der Waals surface area contributed by atoms with Gasteiger partial charge in [-0.3, -0.25) is 10.00 Å². The number of halogens is 1. The predicted molar refractivity (Wildman–Crippen MR) is 115 cm³/mol. The molecular weight excluding hydrogens is 403 g/mol. The number of piperidine rings is 2. The van der Waals surface area contributed by atoms with E-state index in [1.165, 1.54) is 11.3 Å². The molecule has 2 bridgehead atoms. The Morgan fingerprint density at radius 2 is 2.17 bits per heavy atom. The van der Waals surface area contributed by atoms with Crippen molar-refractivity contribution in [1.82, 2.24) is 25.3 Å². The quantitative estimate of drug-likeness (QED) is 0.661. The fraction of sp³-hybridized carbons (Fsp3) is 0.476. The molecule has 0 radical (unpaired) electrons. The Balaban J connectivity index is 1.42. The van der Waals surface area contributed by atoms with E-state index in [1.807, 2.05) is 31.1 Å². The van der Waals surface area contributed by atoms with Gasteiger partial charge in [-0.05, 0) is 37.6 Å². The molecule has 3 aromatic rings. The molecule has 9 heteroatoms. The molecule has 3 aliphatic rings. The molecule has 2 aliphatic heterocycles. The summed E-state index contributed by atoms with van der Waals surface area (Å²) in [7, 11) is 3.93. The van der Waals surface area contributed by atoms with Crippen LogP contribution < -0.4 is 4.90 Å². The fourth-order valence-corrected chi connectivity index (χ4v) is 6.15. The molecule has 4 atom stereocenters. The number of hydrogen-bond acceptors (Lipinski definition) is 7. The fourth-order valence-electron chi connectivity index (χ4n) is 5.27. The summed E-state index contributed by atoms with van der Waals surface area (Å²) < 4.78 is 15.4. The second kappa shape index (κ2) is 7.02. The number of anilines is 1. The third kappa shape index (κ3) is 2.99. The van der Waals surface area contributed by atoms with Crippen molar-refractivity contribution in [3.8, 4) is 27.4 Å². The number of fused-ring (bicyclic) bond motifs is 3. The number of hydrogen-bond donors (Lipinski definition) is 2. The lowest BCUT2D eigenvalue weighted by Crippen LogP contribution is -2.69. The minimum absolute atomic E-state index is 0.0359. The number of nitrogens with one attached hydrogen (secondary N) is 1. The van der Waals surface area contributed by atoms with E-state index in [2.05, 4.69) is 32.2 Å². The van der Waals surface area contributed by atoms with Crippen molar-refractivity contribution >= 4 is 16.5 Å². The summed E-state index contributed by atoms with van der Waals surface area (Å²) in [4.78, 5) is 4.12. The van der Waals surface area contributed by atoms with E-state index in [-0.39, 0.29) is 23.2 Å². The lowest BCUT2D eigenvalue weighted by molar-refractivity contribution is -0.0687. The van der Waals surface area contributed by atoms with Crippen LogP contribution in [-0.4, -0.2) is 69.3 Å². The van der Waals surface area contributed by atoms with Crippen molar-refractivity contribution in [3.05, 3.63) is 30.6 Å². The van der Waals surface area contributed by atoms with Crippen molar-refractivity contribution in [2.45, 2.75) is 38.0 Å². The van der Waals surface area contributed by atoms with Gasteiger partial charge in [0.1, 0.15) is 11.9 Å². The molecular formula is C21H25FN6OS. The predicted octanol–water partition coefficient (Wildman–Crippen LogP) is 3.56. The second-order valence-electron chi connectivity index (χ2n) is 8.78. The number of alkyl halides is 1. The molecule has 2 aromatic heterocycles. The Hall–Kier alpha value is -2.52. The molecule has 3 fully saturated rings. The van der Waals surface area contributed by atoms with Crippen LogP contribution in [0.4, 0.5) is 9.52 Å². The van der Waals surface area contributed by atoms with E-state index in [4.69, 9.17) is 0 Å². The van der Waals surface area contributed by atoms with Gasteiger partial charge in [0, 0.05) is 36.8 Å². The minimum atomic E-state index is -0.928. The third-order valence-corrected chi connectivity index (χ3v) is 7.81. The van der Waals surface area contributed by atoms with Gasteiger partial charge in [-0.15, -0.1) is 10.2 Å². The molecule has 1 aliphatic carbocycles.